The van der Waals surface area contributed by atoms with Gasteiger partial charge in [-0.3, -0.25) is 0 Å². The van der Waals surface area contributed by atoms with Crippen molar-refractivity contribution in [2.75, 3.05) is 6.61 Å². The van der Waals surface area contributed by atoms with Crippen molar-refractivity contribution in [3.05, 3.63) is 23.8 Å². The highest BCUT2D eigenvalue weighted by atomic mass is 16.3. The monoisotopic (exact) mass is 152 g/mol. The van der Waals surface area contributed by atoms with Gasteiger partial charge in [0.2, 0.25) is 0 Å². The molecule has 3 nitrogen and oxygen atoms in total. The van der Waals surface area contributed by atoms with Gasteiger partial charge in [0.1, 0.15) is 5.82 Å². The van der Waals surface area contributed by atoms with E-state index in [2.05, 4.69) is 9.97 Å². The van der Waals surface area contributed by atoms with Crippen LogP contribution in [0.15, 0.2) is 12.3 Å². The third kappa shape index (κ3) is 2.27. The lowest BCUT2D eigenvalue weighted by Crippen LogP contribution is -1.99. The average molecular weight is 152 g/mol. The van der Waals surface area contributed by atoms with Crippen molar-refractivity contribution in [1.82, 2.24) is 9.97 Å². The molecule has 1 N–H and O–H groups in total. The van der Waals surface area contributed by atoms with Gasteiger partial charge in [0.05, 0.1) is 0 Å². The Kier molecular flexibility index (Phi) is 2.98. The van der Waals surface area contributed by atoms with E-state index in [4.69, 9.17) is 5.11 Å². The Hall–Kier alpha value is -0.960. The van der Waals surface area contributed by atoms with Crippen molar-refractivity contribution < 1.29 is 5.11 Å². The summed E-state index contributed by atoms with van der Waals surface area (Å²) >= 11 is 0. The molecule has 0 aromatic carbocycles. The lowest BCUT2D eigenvalue weighted by Gasteiger charge is -1.98. The first-order valence-corrected chi connectivity index (χ1v) is 3.78. The van der Waals surface area contributed by atoms with E-state index in [0.717, 1.165) is 17.9 Å². The molecule has 0 spiro atoms. The van der Waals surface area contributed by atoms with Crippen LogP contribution in [-0.2, 0) is 12.8 Å². The van der Waals surface area contributed by atoms with Crippen LogP contribution in [0.2, 0.25) is 0 Å². The summed E-state index contributed by atoms with van der Waals surface area (Å²) in [4.78, 5) is 8.26. The zero-order valence-electron chi connectivity index (χ0n) is 6.62. The maximum absolute atomic E-state index is 8.62. The Morgan fingerprint density at radius 3 is 3.00 bits per heavy atom. The Morgan fingerprint density at radius 2 is 2.36 bits per heavy atom. The Balaban J connectivity index is 2.74. The quantitative estimate of drug-likeness (QED) is 0.689. The number of hydrogen-bond donors (Lipinski definition) is 1. The standard InChI is InChI=1S/C8H12N2O/c1-2-8-9-5-3-7(10-8)4-6-11/h3,5,11H,2,4,6H2,1H3. The van der Waals surface area contributed by atoms with Crippen LogP contribution >= 0.6 is 0 Å². The third-order valence-electron chi connectivity index (χ3n) is 1.45. The van der Waals surface area contributed by atoms with Crippen LogP contribution < -0.4 is 0 Å². The van der Waals surface area contributed by atoms with Crippen LogP contribution in [-0.4, -0.2) is 21.7 Å². The van der Waals surface area contributed by atoms with Crippen molar-refractivity contribution in [1.29, 1.82) is 0 Å². The predicted octanol–water partition coefficient (Wildman–Crippen LogP) is 0.574. The highest BCUT2D eigenvalue weighted by molar-refractivity contribution is 5.02. The van der Waals surface area contributed by atoms with Crippen molar-refractivity contribution in [3.8, 4) is 0 Å². The van der Waals surface area contributed by atoms with Gasteiger partial charge in [-0.1, -0.05) is 6.92 Å². The fourth-order valence-corrected chi connectivity index (χ4v) is 0.865. The largest absolute Gasteiger partial charge is 0.396 e. The Bertz CT molecular complexity index is 225. The maximum Gasteiger partial charge on any atom is 0.128 e. The van der Waals surface area contributed by atoms with Gasteiger partial charge < -0.3 is 5.11 Å². The molecule has 60 valence electrons. The minimum Gasteiger partial charge on any atom is -0.396 e. The number of aryl methyl sites for hydroxylation is 1. The number of aliphatic hydroxyl groups is 1. The van der Waals surface area contributed by atoms with Crippen LogP contribution in [0.1, 0.15) is 18.4 Å². The molecule has 1 aromatic heterocycles. The second kappa shape index (κ2) is 4.03. The van der Waals surface area contributed by atoms with E-state index in [-0.39, 0.29) is 6.61 Å². The van der Waals surface area contributed by atoms with Crippen LogP contribution in [0, 0.1) is 0 Å². The SMILES string of the molecule is CCc1nccc(CCO)n1. The highest BCUT2D eigenvalue weighted by Gasteiger charge is 1.95. The van der Waals surface area contributed by atoms with Gasteiger partial charge in [0.15, 0.2) is 0 Å². The molecule has 3 heteroatoms. The van der Waals surface area contributed by atoms with E-state index in [0.29, 0.717) is 6.42 Å². The van der Waals surface area contributed by atoms with Gasteiger partial charge in [-0.05, 0) is 6.07 Å². The molecule has 0 aliphatic carbocycles. The number of rotatable bonds is 3. The minimum absolute atomic E-state index is 0.153. The van der Waals surface area contributed by atoms with Gasteiger partial charge in [0.25, 0.3) is 0 Å². The molecule has 11 heavy (non-hydrogen) atoms. The lowest BCUT2D eigenvalue weighted by atomic mass is 10.3. The van der Waals surface area contributed by atoms with E-state index >= 15 is 0 Å². The predicted molar refractivity (Wildman–Crippen MR) is 42.2 cm³/mol. The highest BCUT2D eigenvalue weighted by Crippen LogP contribution is 1.96. The number of nitrogens with zero attached hydrogens (tertiary/aromatic N) is 2. The van der Waals surface area contributed by atoms with Crippen molar-refractivity contribution in [2.45, 2.75) is 19.8 Å². The van der Waals surface area contributed by atoms with Crippen molar-refractivity contribution in [2.24, 2.45) is 0 Å². The molecular formula is C8H12N2O. The molecule has 1 aromatic rings. The zero-order chi connectivity index (χ0) is 8.10. The average Bonchev–Trinajstić information content (AvgIpc) is 2.06. The summed E-state index contributed by atoms with van der Waals surface area (Å²) in [7, 11) is 0. The molecule has 0 aliphatic rings. The molecule has 0 radical (unpaired) electrons. The summed E-state index contributed by atoms with van der Waals surface area (Å²) in [6.45, 7) is 2.16. The molecule has 1 heterocycles. The molecule has 0 aliphatic heterocycles. The number of aromatic nitrogens is 2. The third-order valence-corrected chi connectivity index (χ3v) is 1.45. The fraction of sp³-hybridized carbons (Fsp3) is 0.500. The molecule has 0 saturated heterocycles. The smallest absolute Gasteiger partial charge is 0.128 e. The molecule has 0 saturated carbocycles. The van der Waals surface area contributed by atoms with Crippen LogP contribution in [0.3, 0.4) is 0 Å². The molecule has 0 atom stereocenters. The van der Waals surface area contributed by atoms with E-state index in [1.165, 1.54) is 0 Å². The number of aliphatic hydroxyl groups excluding tert-OH is 1. The summed E-state index contributed by atoms with van der Waals surface area (Å²) in [6.07, 6.45) is 3.20. The first-order chi connectivity index (χ1) is 5.36. The van der Waals surface area contributed by atoms with Gasteiger partial charge in [-0.25, -0.2) is 9.97 Å². The first-order valence-electron chi connectivity index (χ1n) is 3.78. The van der Waals surface area contributed by atoms with Gasteiger partial charge in [-0.15, -0.1) is 0 Å². The molecule has 0 amide bonds. The van der Waals surface area contributed by atoms with Crippen molar-refractivity contribution >= 4 is 0 Å². The zero-order valence-corrected chi connectivity index (χ0v) is 6.62. The van der Waals surface area contributed by atoms with E-state index in [1.807, 2.05) is 13.0 Å². The van der Waals surface area contributed by atoms with Gasteiger partial charge >= 0.3 is 0 Å². The van der Waals surface area contributed by atoms with Crippen LogP contribution in [0.4, 0.5) is 0 Å². The Labute approximate surface area is 66.1 Å². The summed E-state index contributed by atoms with van der Waals surface area (Å²) < 4.78 is 0. The lowest BCUT2D eigenvalue weighted by molar-refractivity contribution is 0.298. The molecular weight excluding hydrogens is 140 g/mol. The fourth-order valence-electron chi connectivity index (χ4n) is 0.865. The minimum atomic E-state index is 0.153. The van der Waals surface area contributed by atoms with Crippen molar-refractivity contribution in [3.63, 3.8) is 0 Å². The molecule has 0 unspecified atom stereocenters. The second-order valence-electron chi connectivity index (χ2n) is 2.29. The second-order valence-corrected chi connectivity index (χ2v) is 2.29. The summed E-state index contributed by atoms with van der Waals surface area (Å²) in [5, 5.41) is 8.62. The molecule has 1 rings (SSSR count). The number of hydrogen-bond acceptors (Lipinski definition) is 3. The molecule has 0 bridgehead atoms. The summed E-state index contributed by atoms with van der Waals surface area (Å²) in [5.41, 5.74) is 0.916. The van der Waals surface area contributed by atoms with E-state index in [9.17, 15) is 0 Å². The van der Waals surface area contributed by atoms with E-state index < -0.39 is 0 Å². The Morgan fingerprint density at radius 1 is 1.55 bits per heavy atom. The van der Waals surface area contributed by atoms with Crippen LogP contribution in [0.25, 0.3) is 0 Å². The first kappa shape index (κ1) is 8.14. The van der Waals surface area contributed by atoms with Gasteiger partial charge in [-0.2, -0.15) is 0 Å². The normalized spacial score (nSPS) is 10.0. The maximum atomic E-state index is 8.62. The summed E-state index contributed by atoms with van der Waals surface area (Å²) in [6, 6.07) is 1.83. The van der Waals surface area contributed by atoms with Gasteiger partial charge in [0, 0.05) is 31.3 Å². The van der Waals surface area contributed by atoms with Crippen LogP contribution in [0.5, 0.6) is 0 Å². The van der Waals surface area contributed by atoms with E-state index in [1.54, 1.807) is 6.20 Å². The molecule has 0 fully saturated rings. The topological polar surface area (TPSA) is 46.0 Å². The summed E-state index contributed by atoms with van der Waals surface area (Å²) in [5.74, 6) is 0.843.